The number of nitrogens with one attached hydrogen (secondary N) is 1. The minimum Gasteiger partial charge on any atom is -0.497 e. The predicted octanol–water partition coefficient (Wildman–Crippen LogP) is 4.77. The van der Waals surface area contributed by atoms with Crippen LogP contribution in [0.4, 0.5) is 0 Å². The van der Waals surface area contributed by atoms with Crippen LogP contribution in [0.5, 0.6) is 5.75 Å². The second-order valence-corrected chi connectivity index (χ2v) is 8.87. The van der Waals surface area contributed by atoms with E-state index in [0.29, 0.717) is 23.7 Å². The maximum atomic E-state index is 13.0. The fraction of sp³-hybridized carbons (Fsp3) is 0.391. The first-order valence-electron chi connectivity index (χ1n) is 9.91. The summed E-state index contributed by atoms with van der Waals surface area (Å²) in [6.07, 6.45) is 0.336. The van der Waals surface area contributed by atoms with Crippen molar-refractivity contribution in [2.45, 2.75) is 50.7 Å². The standard InChI is InChI=1S/C23H29ClN2O3S/c1-16(2)25-23(28)17(3)26(15-18-5-9-20(29-4)10-6-18)22(27)13-14-30-21-11-7-19(24)8-12-21/h5-12,16-17H,13-15H2,1-4H3,(H,25,28). The van der Waals surface area contributed by atoms with Gasteiger partial charge in [-0.25, -0.2) is 0 Å². The number of halogens is 1. The molecule has 2 rings (SSSR count). The highest BCUT2D eigenvalue weighted by Crippen LogP contribution is 2.22. The molecule has 0 radical (unpaired) electrons. The van der Waals surface area contributed by atoms with Gasteiger partial charge in [-0.15, -0.1) is 11.8 Å². The summed E-state index contributed by atoms with van der Waals surface area (Å²) in [7, 11) is 1.61. The first-order chi connectivity index (χ1) is 14.3. The molecular weight excluding hydrogens is 420 g/mol. The van der Waals surface area contributed by atoms with Crippen molar-refractivity contribution in [1.82, 2.24) is 10.2 Å². The molecule has 0 aliphatic heterocycles. The first-order valence-corrected chi connectivity index (χ1v) is 11.3. The molecular formula is C23H29ClN2O3S. The van der Waals surface area contributed by atoms with Crippen LogP contribution in [0.1, 0.15) is 32.8 Å². The number of ether oxygens (including phenoxy) is 1. The Kier molecular flexibility index (Phi) is 9.53. The number of methoxy groups -OCH3 is 1. The number of carbonyl (C=O) groups excluding carboxylic acids is 2. The molecule has 0 fully saturated rings. The van der Waals surface area contributed by atoms with Crippen molar-refractivity contribution < 1.29 is 14.3 Å². The van der Waals surface area contributed by atoms with Gasteiger partial charge in [0.2, 0.25) is 11.8 Å². The summed E-state index contributed by atoms with van der Waals surface area (Å²) in [4.78, 5) is 28.3. The van der Waals surface area contributed by atoms with Crippen molar-refractivity contribution in [2.24, 2.45) is 0 Å². The van der Waals surface area contributed by atoms with Gasteiger partial charge in [0.05, 0.1) is 7.11 Å². The van der Waals surface area contributed by atoms with Crippen molar-refractivity contribution in [3.63, 3.8) is 0 Å². The van der Waals surface area contributed by atoms with Gasteiger partial charge in [0.15, 0.2) is 0 Å². The summed E-state index contributed by atoms with van der Waals surface area (Å²) in [5, 5.41) is 3.58. The number of rotatable bonds is 10. The summed E-state index contributed by atoms with van der Waals surface area (Å²) in [5.41, 5.74) is 0.943. The third-order valence-corrected chi connectivity index (χ3v) is 5.77. The monoisotopic (exact) mass is 448 g/mol. The van der Waals surface area contributed by atoms with Gasteiger partial charge in [-0.1, -0.05) is 23.7 Å². The molecule has 1 N–H and O–H groups in total. The first kappa shape index (κ1) is 24.1. The number of nitrogens with zero attached hydrogens (tertiary/aromatic N) is 1. The Morgan fingerprint density at radius 1 is 1.07 bits per heavy atom. The highest BCUT2D eigenvalue weighted by molar-refractivity contribution is 7.99. The molecule has 1 unspecified atom stereocenters. The van der Waals surface area contributed by atoms with Crippen LogP contribution >= 0.6 is 23.4 Å². The zero-order valence-corrected chi connectivity index (χ0v) is 19.4. The van der Waals surface area contributed by atoms with Crippen LogP contribution in [0.25, 0.3) is 0 Å². The third-order valence-electron chi connectivity index (χ3n) is 4.51. The van der Waals surface area contributed by atoms with Crippen LogP contribution in [0.2, 0.25) is 5.02 Å². The summed E-state index contributed by atoms with van der Waals surface area (Å²) >= 11 is 7.51. The molecule has 30 heavy (non-hydrogen) atoms. The van der Waals surface area contributed by atoms with Crippen LogP contribution < -0.4 is 10.1 Å². The van der Waals surface area contributed by atoms with Gasteiger partial charge in [0.1, 0.15) is 11.8 Å². The SMILES string of the molecule is COc1ccc(CN(C(=O)CCSc2ccc(Cl)cc2)C(C)C(=O)NC(C)C)cc1. The Bertz CT molecular complexity index is 825. The Balaban J connectivity index is 2.06. The Hall–Kier alpha value is -2.18. The Morgan fingerprint density at radius 3 is 2.27 bits per heavy atom. The average Bonchev–Trinajstić information content (AvgIpc) is 2.72. The summed E-state index contributed by atoms with van der Waals surface area (Å²) in [6, 6.07) is 14.5. The molecule has 2 aromatic rings. The molecule has 0 aliphatic rings. The maximum Gasteiger partial charge on any atom is 0.242 e. The van der Waals surface area contributed by atoms with Gasteiger partial charge in [0.25, 0.3) is 0 Å². The summed E-state index contributed by atoms with van der Waals surface area (Å²) < 4.78 is 5.20. The van der Waals surface area contributed by atoms with E-state index in [1.807, 2.05) is 62.4 Å². The van der Waals surface area contributed by atoms with Gasteiger partial charge in [-0.2, -0.15) is 0 Å². The number of benzene rings is 2. The maximum absolute atomic E-state index is 13.0. The molecule has 0 aliphatic carbocycles. The van der Waals surface area contributed by atoms with Crippen molar-refractivity contribution in [1.29, 1.82) is 0 Å². The number of amides is 2. The molecule has 7 heteroatoms. The molecule has 0 bridgehead atoms. The fourth-order valence-corrected chi connectivity index (χ4v) is 3.81. The third kappa shape index (κ3) is 7.58. The Morgan fingerprint density at radius 2 is 1.70 bits per heavy atom. The second-order valence-electron chi connectivity index (χ2n) is 7.26. The normalized spacial score (nSPS) is 11.8. The zero-order valence-electron chi connectivity index (χ0n) is 17.9. The second kappa shape index (κ2) is 11.9. The lowest BCUT2D eigenvalue weighted by molar-refractivity contribution is -0.140. The van der Waals surface area contributed by atoms with Gasteiger partial charge >= 0.3 is 0 Å². The van der Waals surface area contributed by atoms with E-state index in [1.165, 1.54) is 0 Å². The average molecular weight is 449 g/mol. The molecule has 1 atom stereocenters. The molecule has 0 spiro atoms. The highest BCUT2D eigenvalue weighted by atomic mass is 35.5. The van der Waals surface area contributed by atoms with Crippen LogP contribution in [0.3, 0.4) is 0 Å². The van der Waals surface area contributed by atoms with E-state index in [9.17, 15) is 9.59 Å². The van der Waals surface area contributed by atoms with E-state index in [2.05, 4.69) is 5.32 Å². The predicted molar refractivity (Wildman–Crippen MR) is 123 cm³/mol. The van der Waals surface area contributed by atoms with E-state index in [0.717, 1.165) is 16.2 Å². The zero-order chi connectivity index (χ0) is 22.1. The molecule has 2 aromatic carbocycles. The van der Waals surface area contributed by atoms with E-state index < -0.39 is 6.04 Å². The highest BCUT2D eigenvalue weighted by Gasteiger charge is 2.26. The molecule has 0 saturated carbocycles. The van der Waals surface area contributed by atoms with E-state index in [4.69, 9.17) is 16.3 Å². The van der Waals surface area contributed by atoms with E-state index >= 15 is 0 Å². The van der Waals surface area contributed by atoms with Crippen LogP contribution in [0, 0.1) is 0 Å². The fourth-order valence-electron chi connectivity index (χ4n) is 2.85. The number of carbonyl (C=O) groups is 2. The van der Waals surface area contributed by atoms with Crippen LogP contribution in [-0.2, 0) is 16.1 Å². The lowest BCUT2D eigenvalue weighted by Gasteiger charge is -2.29. The summed E-state index contributed by atoms with van der Waals surface area (Å²) in [5.74, 6) is 1.16. The lowest BCUT2D eigenvalue weighted by atomic mass is 10.1. The minimum absolute atomic E-state index is 0.0124. The van der Waals surface area contributed by atoms with Crippen molar-refractivity contribution in [3.05, 3.63) is 59.1 Å². The molecule has 0 saturated heterocycles. The number of thioether (sulfide) groups is 1. The lowest BCUT2D eigenvalue weighted by Crippen LogP contribution is -2.49. The van der Waals surface area contributed by atoms with Crippen molar-refractivity contribution >= 4 is 35.2 Å². The van der Waals surface area contributed by atoms with Crippen molar-refractivity contribution in [3.8, 4) is 5.75 Å². The van der Waals surface area contributed by atoms with Crippen LogP contribution in [-0.4, -0.2) is 41.7 Å². The molecule has 2 amide bonds. The quantitative estimate of drug-likeness (QED) is 0.532. The molecule has 5 nitrogen and oxygen atoms in total. The number of hydrogen-bond donors (Lipinski definition) is 1. The van der Waals surface area contributed by atoms with Crippen molar-refractivity contribution in [2.75, 3.05) is 12.9 Å². The van der Waals surface area contributed by atoms with Gasteiger partial charge < -0.3 is 15.0 Å². The van der Waals surface area contributed by atoms with E-state index in [1.54, 1.807) is 30.7 Å². The topological polar surface area (TPSA) is 58.6 Å². The molecule has 0 aromatic heterocycles. The van der Waals surface area contributed by atoms with Gasteiger partial charge in [0, 0.05) is 34.7 Å². The number of hydrogen-bond acceptors (Lipinski definition) is 4. The minimum atomic E-state index is -0.567. The smallest absolute Gasteiger partial charge is 0.242 e. The van der Waals surface area contributed by atoms with Gasteiger partial charge in [-0.3, -0.25) is 9.59 Å². The molecule has 0 heterocycles. The van der Waals surface area contributed by atoms with Crippen LogP contribution in [0.15, 0.2) is 53.4 Å². The largest absolute Gasteiger partial charge is 0.497 e. The van der Waals surface area contributed by atoms with E-state index in [-0.39, 0.29) is 17.9 Å². The Labute approximate surface area is 188 Å². The summed E-state index contributed by atoms with van der Waals surface area (Å²) in [6.45, 7) is 5.94. The molecule has 162 valence electrons. The van der Waals surface area contributed by atoms with Gasteiger partial charge in [-0.05, 0) is 62.7 Å².